The summed E-state index contributed by atoms with van der Waals surface area (Å²) in [5, 5.41) is 3.00. The zero-order valence-electron chi connectivity index (χ0n) is 12.0. The summed E-state index contributed by atoms with van der Waals surface area (Å²) in [6.07, 6.45) is 0. The minimum absolute atomic E-state index is 0.0200. The van der Waals surface area contributed by atoms with E-state index in [9.17, 15) is 4.79 Å². The van der Waals surface area contributed by atoms with Crippen LogP contribution in [0.2, 0.25) is 0 Å². The predicted octanol–water partition coefficient (Wildman–Crippen LogP) is -1.29. The summed E-state index contributed by atoms with van der Waals surface area (Å²) in [7, 11) is 2.14. The van der Waals surface area contributed by atoms with Crippen molar-refractivity contribution < 1.29 is 9.53 Å². The van der Waals surface area contributed by atoms with E-state index in [1.165, 1.54) is 0 Å². The van der Waals surface area contributed by atoms with Gasteiger partial charge in [0.15, 0.2) is 0 Å². The van der Waals surface area contributed by atoms with Crippen molar-refractivity contribution in [2.75, 3.05) is 59.5 Å². The Balaban J connectivity index is 1.69. The van der Waals surface area contributed by atoms with Gasteiger partial charge in [0, 0.05) is 45.3 Å². The molecule has 0 aliphatic carbocycles. The first-order chi connectivity index (χ1) is 9.02. The Morgan fingerprint density at radius 3 is 2.68 bits per heavy atom. The van der Waals surface area contributed by atoms with Crippen molar-refractivity contribution in [2.45, 2.75) is 13.0 Å². The van der Waals surface area contributed by atoms with E-state index in [1.807, 2.05) is 6.92 Å². The van der Waals surface area contributed by atoms with Crippen LogP contribution < -0.4 is 11.1 Å². The maximum absolute atomic E-state index is 12.2. The van der Waals surface area contributed by atoms with Crippen LogP contribution >= 0.6 is 0 Å². The highest BCUT2D eigenvalue weighted by molar-refractivity contribution is 5.83. The lowest BCUT2D eigenvalue weighted by atomic mass is 9.85. The molecule has 2 aliphatic rings. The Hall–Kier alpha value is -0.690. The van der Waals surface area contributed by atoms with Gasteiger partial charge >= 0.3 is 0 Å². The number of hydrogen-bond acceptors (Lipinski definition) is 5. The minimum Gasteiger partial charge on any atom is -0.379 e. The molecule has 1 amide bonds. The normalized spacial score (nSPS) is 33.5. The highest BCUT2D eigenvalue weighted by Crippen LogP contribution is 2.26. The van der Waals surface area contributed by atoms with Gasteiger partial charge in [-0.3, -0.25) is 9.69 Å². The van der Waals surface area contributed by atoms with Gasteiger partial charge in [0.25, 0.3) is 0 Å². The molecule has 2 fully saturated rings. The summed E-state index contributed by atoms with van der Waals surface area (Å²) in [6.45, 7) is 8.73. The van der Waals surface area contributed by atoms with Crippen LogP contribution in [0.3, 0.4) is 0 Å². The van der Waals surface area contributed by atoms with Crippen LogP contribution in [0.1, 0.15) is 6.92 Å². The van der Waals surface area contributed by atoms with Crippen molar-refractivity contribution in [3.63, 3.8) is 0 Å². The number of nitrogens with zero attached hydrogens (tertiary/aromatic N) is 2. The second kappa shape index (κ2) is 6.17. The minimum atomic E-state index is -0.567. The van der Waals surface area contributed by atoms with Crippen LogP contribution in [0.25, 0.3) is 0 Å². The van der Waals surface area contributed by atoms with Crippen LogP contribution in [-0.2, 0) is 9.53 Å². The highest BCUT2D eigenvalue weighted by Gasteiger charge is 2.44. The molecule has 2 unspecified atom stereocenters. The summed E-state index contributed by atoms with van der Waals surface area (Å²) >= 11 is 0. The van der Waals surface area contributed by atoms with Gasteiger partial charge in [0.1, 0.15) is 0 Å². The first kappa shape index (κ1) is 14.7. The molecule has 0 saturated carbocycles. The van der Waals surface area contributed by atoms with E-state index < -0.39 is 5.41 Å². The summed E-state index contributed by atoms with van der Waals surface area (Å²) in [5.41, 5.74) is 5.37. The fourth-order valence-electron chi connectivity index (χ4n) is 2.52. The van der Waals surface area contributed by atoms with Gasteiger partial charge in [-0.25, -0.2) is 0 Å². The maximum Gasteiger partial charge on any atom is 0.229 e. The number of hydrogen-bond donors (Lipinski definition) is 2. The van der Waals surface area contributed by atoms with E-state index in [0.29, 0.717) is 19.8 Å². The summed E-state index contributed by atoms with van der Waals surface area (Å²) in [6, 6.07) is -0.198. The standard InChI is InChI=1S/C13H26N4O2/c1-13(10-19-9-11(13)14)12(18)15-3-4-17-7-5-16(2)6-8-17/h11H,3-10,14H2,1-2H3,(H,15,18). The molecule has 0 spiro atoms. The molecule has 110 valence electrons. The second-order valence-electron chi connectivity index (χ2n) is 5.94. The van der Waals surface area contributed by atoms with E-state index in [4.69, 9.17) is 10.5 Å². The lowest BCUT2D eigenvalue weighted by Crippen LogP contribution is -2.52. The fraction of sp³-hybridized carbons (Fsp3) is 0.923. The molecule has 0 bridgehead atoms. The summed E-state index contributed by atoms with van der Waals surface area (Å²) in [4.78, 5) is 16.9. The Morgan fingerprint density at radius 2 is 2.11 bits per heavy atom. The first-order valence-electron chi connectivity index (χ1n) is 7.05. The molecule has 2 rings (SSSR count). The Bertz CT molecular complexity index is 318. The van der Waals surface area contributed by atoms with Gasteiger partial charge in [-0.2, -0.15) is 0 Å². The number of piperazine rings is 1. The zero-order chi connectivity index (χ0) is 13.9. The molecular weight excluding hydrogens is 244 g/mol. The highest BCUT2D eigenvalue weighted by atomic mass is 16.5. The van der Waals surface area contributed by atoms with Crippen LogP contribution in [0.5, 0.6) is 0 Å². The molecule has 6 heteroatoms. The van der Waals surface area contributed by atoms with Crippen LogP contribution in [-0.4, -0.2) is 81.3 Å². The quantitative estimate of drug-likeness (QED) is 0.665. The Labute approximate surface area is 115 Å². The average Bonchev–Trinajstić information content (AvgIpc) is 2.73. The summed E-state index contributed by atoms with van der Waals surface area (Å²) < 4.78 is 5.30. The molecule has 6 nitrogen and oxygen atoms in total. The maximum atomic E-state index is 12.2. The molecule has 0 aromatic heterocycles. The number of ether oxygens (including phenoxy) is 1. The molecule has 3 N–H and O–H groups in total. The fourth-order valence-corrected chi connectivity index (χ4v) is 2.52. The number of nitrogens with one attached hydrogen (secondary N) is 1. The van der Waals surface area contributed by atoms with Gasteiger partial charge in [-0.15, -0.1) is 0 Å². The third kappa shape index (κ3) is 3.45. The third-order valence-electron chi connectivity index (χ3n) is 4.35. The number of carbonyl (C=O) groups excluding carboxylic acids is 1. The molecule has 0 aromatic carbocycles. The van der Waals surface area contributed by atoms with Crippen LogP contribution in [0.15, 0.2) is 0 Å². The Morgan fingerprint density at radius 1 is 1.42 bits per heavy atom. The van der Waals surface area contributed by atoms with Crippen LogP contribution in [0.4, 0.5) is 0 Å². The smallest absolute Gasteiger partial charge is 0.229 e. The number of carbonyl (C=O) groups is 1. The van der Waals surface area contributed by atoms with Gasteiger partial charge in [0.2, 0.25) is 5.91 Å². The van der Waals surface area contributed by atoms with Crippen molar-refractivity contribution in [3.05, 3.63) is 0 Å². The SMILES string of the molecule is CN1CCN(CCNC(=O)C2(C)COCC2N)CC1. The van der Waals surface area contributed by atoms with Crippen molar-refractivity contribution in [2.24, 2.45) is 11.1 Å². The van der Waals surface area contributed by atoms with Gasteiger partial charge in [0.05, 0.1) is 18.6 Å². The Kier molecular flexibility index (Phi) is 4.78. The molecule has 0 aromatic rings. The molecular formula is C13H26N4O2. The largest absolute Gasteiger partial charge is 0.379 e. The predicted molar refractivity (Wildman–Crippen MR) is 73.8 cm³/mol. The summed E-state index contributed by atoms with van der Waals surface area (Å²) in [5.74, 6) is 0.0200. The molecule has 2 atom stereocenters. The topological polar surface area (TPSA) is 70.8 Å². The van der Waals surface area contributed by atoms with Gasteiger partial charge < -0.3 is 20.7 Å². The first-order valence-corrected chi connectivity index (χ1v) is 7.05. The van der Waals surface area contributed by atoms with E-state index in [0.717, 1.165) is 32.7 Å². The van der Waals surface area contributed by atoms with E-state index in [2.05, 4.69) is 22.2 Å². The number of amides is 1. The van der Waals surface area contributed by atoms with Gasteiger partial charge in [-0.1, -0.05) is 0 Å². The molecule has 2 heterocycles. The molecule has 2 saturated heterocycles. The third-order valence-corrected chi connectivity index (χ3v) is 4.35. The van der Waals surface area contributed by atoms with E-state index >= 15 is 0 Å². The van der Waals surface area contributed by atoms with Crippen molar-refractivity contribution in [1.82, 2.24) is 15.1 Å². The zero-order valence-corrected chi connectivity index (χ0v) is 12.0. The lowest BCUT2D eigenvalue weighted by molar-refractivity contribution is -0.130. The van der Waals surface area contributed by atoms with Gasteiger partial charge in [-0.05, 0) is 14.0 Å². The number of likely N-dealkylation sites (N-methyl/N-ethyl adjacent to an activating group) is 1. The number of nitrogens with two attached hydrogens (primary N) is 1. The number of rotatable bonds is 4. The second-order valence-corrected chi connectivity index (χ2v) is 5.94. The lowest BCUT2D eigenvalue weighted by Gasteiger charge is -2.32. The average molecular weight is 270 g/mol. The van der Waals surface area contributed by atoms with Crippen molar-refractivity contribution >= 4 is 5.91 Å². The monoisotopic (exact) mass is 270 g/mol. The molecule has 2 aliphatic heterocycles. The van der Waals surface area contributed by atoms with Crippen LogP contribution in [0, 0.1) is 5.41 Å². The van der Waals surface area contributed by atoms with E-state index in [-0.39, 0.29) is 11.9 Å². The van der Waals surface area contributed by atoms with E-state index in [1.54, 1.807) is 0 Å². The van der Waals surface area contributed by atoms with Crippen molar-refractivity contribution in [1.29, 1.82) is 0 Å². The molecule has 0 radical (unpaired) electrons. The molecule has 19 heavy (non-hydrogen) atoms. The van der Waals surface area contributed by atoms with Crippen molar-refractivity contribution in [3.8, 4) is 0 Å².